The number of hydrogen-bond acceptors (Lipinski definition) is 3. The van der Waals surface area contributed by atoms with Crippen molar-refractivity contribution in [2.24, 2.45) is 0 Å². The smallest absolute Gasteiger partial charge is 0.279 e. The third-order valence-corrected chi connectivity index (χ3v) is 3.79. The first-order valence-corrected chi connectivity index (χ1v) is 5.73. The first kappa shape index (κ1) is 10.9. The van der Waals surface area contributed by atoms with Gasteiger partial charge >= 0.3 is 0 Å². The van der Waals surface area contributed by atoms with Crippen molar-refractivity contribution in [2.45, 2.75) is 31.4 Å². The van der Waals surface area contributed by atoms with Gasteiger partial charge in [-0.2, -0.15) is 17.4 Å². The molecule has 0 bridgehead atoms. The Hall–Kier alpha value is -0.170. The van der Waals surface area contributed by atoms with Crippen LogP contribution in [-0.4, -0.2) is 44.1 Å². The van der Waals surface area contributed by atoms with E-state index in [0.29, 0.717) is 19.3 Å². The molecule has 1 rings (SSSR count). The van der Waals surface area contributed by atoms with E-state index in [0.717, 1.165) is 4.31 Å². The molecule has 1 fully saturated rings. The zero-order chi connectivity index (χ0) is 10.1. The minimum absolute atomic E-state index is 0.109. The average Bonchev–Trinajstić information content (AvgIpc) is 2.34. The fraction of sp³-hybridized carbons (Fsp3) is 1.00. The molecule has 0 aromatic heterocycles. The molecule has 0 aromatic carbocycles. The highest BCUT2D eigenvalue weighted by molar-refractivity contribution is 7.87. The van der Waals surface area contributed by atoms with Crippen molar-refractivity contribution < 1.29 is 13.5 Å². The predicted octanol–water partition coefficient (Wildman–Crippen LogP) is -0.704. The topological polar surface area (TPSA) is 69.6 Å². The third kappa shape index (κ3) is 2.91. The molecule has 1 aliphatic rings. The van der Waals surface area contributed by atoms with Crippen LogP contribution in [0.3, 0.4) is 0 Å². The van der Waals surface area contributed by atoms with E-state index in [-0.39, 0.29) is 12.1 Å². The Morgan fingerprint density at radius 2 is 2.00 bits per heavy atom. The number of nitrogens with zero attached hydrogens (tertiary/aromatic N) is 1. The third-order valence-electron chi connectivity index (χ3n) is 2.20. The van der Waals surface area contributed by atoms with Crippen LogP contribution in [0.25, 0.3) is 0 Å². The lowest BCUT2D eigenvalue weighted by Crippen LogP contribution is -2.41. The molecular weight excluding hydrogens is 192 g/mol. The van der Waals surface area contributed by atoms with Crippen molar-refractivity contribution in [2.75, 3.05) is 14.1 Å². The molecule has 0 radical (unpaired) electrons. The highest BCUT2D eigenvalue weighted by Crippen LogP contribution is 2.19. The van der Waals surface area contributed by atoms with Crippen molar-refractivity contribution in [3.05, 3.63) is 0 Å². The lowest BCUT2D eigenvalue weighted by molar-refractivity contribution is 0.181. The first-order valence-electron chi connectivity index (χ1n) is 4.29. The van der Waals surface area contributed by atoms with Gasteiger partial charge in [-0.15, -0.1) is 0 Å². The van der Waals surface area contributed by atoms with Crippen molar-refractivity contribution >= 4 is 10.2 Å². The predicted molar refractivity (Wildman–Crippen MR) is 49.4 cm³/mol. The fourth-order valence-electron chi connectivity index (χ4n) is 1.38. The highest BCUT2D eigenvalue weighted by Gasteiger charge is 2.27. The molecular formula is C7H16N2O3S. The summed E-state index contributed by atoms with van der Waals surface area (Å²) in [6.45, 7) is 0. The Morgan fingerprint density at radius 1 is 1.38 bits per heavy atom. The molecule has 0 heterocycles. The van der Waals surface area contributed by atoms with Crippen LogP contribution in [0.4, 0.5) is 0 Å². The molecule has 2 N–H and O–H groups in total. The lowest BCUT2D eigenvalue weighted by atomic mass is 10.3. The monoisotopic (exact) mass is 208 g/mol. The largest absolute Gasteiger partial charge is 0.393 e. The van der Waals surface area contributed by atoms with E-state index in [1.54, 1.807) is 0 Å². The standard InChI is InChI=1S/C7H16N2O3S/c1-9(2)13(11,12)8-6-3-4-7(10)5-6/h6-8,10H,3-5H2,1-2H3/t6-,7+/m0/s1. The summed E-state index contributed by atoms with van der Waals surface area (Å²) >= 11 is 0. The van der Waals surface area contributed by atoms with Crippen LogP contribution < -0.4 is 4.72 Å². The van der Waals surface area contributed by atoms with Gasteiger partial charge in [-0.25, -0.2) is 0 Å². The van der Waals surface area contributed by atoms with Crippen LogP contribution >= 0.6 is 0 Å². The molecule has 0 aromatic rings. The van der Waals surface area contributed by atoms with E-state index < -0.39 is 10.2 Å². The molecule has 6 heteroatoms. The molecule has 13 heavy (non-hydrogen) atoms. The van der Waals surface area contributed by atoms with Gasteiger partial charge in [0.1, 0.15) is 0 Å². The van der Waals surface area contributed by atoms with E-state index in [2.05, 4.69) is 4.72 Å². The second kappa shape index (κ2) is 3.91. The van der Waals surface area contributed by atoms with Gasteiger partial charge in [0.2, 0.25) is 0 Å². The molecule has 0 spiro atoms. The molecule has 78 valence electrons. The minimum Gasteiger partial charge on any atom is -0.393 e. The Balaban J connectivity index is 2.50. The first-order chi connectivity index (χ1) is 5.92. The van der Waals surface area contributed by atoms with Crippen molar-refractivity contribution in [3.8, 4) is 0 Å². The van der Waals surface area contributed by atoms with Crippen LogP contribution in [0.1, 0.15) is 19.3 Å². The quantitative estimate of drug-likeness (QED) is 0.644. The lowest BCUT2D eigenvalue weighted by Gasteiger charge is -2.16. The maximum Gasteiger partial charge on any atom is 0.279 e. The number of rotatable bonds is 3. The molecule has 0 unspecified atom stereocenters. The summed E-state index contributed by atoms with van der Waals surface area (Å²) in [5, 5.41) is 9.19. The van der Waals surface area contributed by atoms with Gasteiger partial charge in [0.05, 0.1) is 6.10 Å². The number of aliphatic hydroxyl groups is 1. The summed E-state index contributed by atoms with van der Waals surface area (Å²) in [4.78, 5) is 0. The van der Waals surface area contributed by atoms with Crippen LogP contribution in [0, 0.1) is 0 Å². The van der Waals surface area contributed by atoms with Gasteiger partial charge < -0.3 is 5.11 Å². The normalized spacial score (nSPS) is 29.8. The van der Waals surface area contributed by atoms with Crippen molar-refractivity contribution in [1.29, 1.82) is 0 Å². The van der Waals surface area contributed by atoms with Gasteiger partial charge in [0.15, 0.2) is 0 Å². The van der Waals surface area contributed by atoms with E-state index in [9.17, 15) is 13.5 Å². The van der Waals surface area contributed by atoms with E-state index in [1.165, 1.54) is 14.1 Å². The summed E-state index contributed by atoms with van der Waals surface area (Å²) in [5.41, 5.74) is 0. The van der Waals surface area contributed by atoms with Gasteiger partial charge in [0.25, 0.3) is 10.2 Å². The molecule has 5 nitrogen and oxygen atoms in total. The van der Waals surface area contributed by atoms with Crippen LogP contribution in [0.5, 0.6) is 0 Å². The Bertz CT molecular complexity index is 263. The van der Waals surface area contributed by atoms with Crippen LogP contribution in [0.2, 0.25) is 0 Å². The van der Waals surface area contributed by atoms with Crippen LogP contribution in [-0.2, 0) is 10.2 Å². The van der Waals surface area contributed by atoms with Gasteiger partial charge in [0, 0.05) is 20.1 Å². The molecule has 1 aliphatic carbocycles. The summed E-state index contributed by atoms with van der Waals surface area (Å²) in [7, 11) is -0.373. The van der Waals surface area contributed by atoms with Gasteiger partial charge in [-0.1, -0.05) is 0 Å². The summed E-state index contributed by atoms with van der Waals surface area (Å²) in [6, 6.07) is -0.109. The van der Waals surface area contributed by atoms with E-state index >= 15 is 0 Å². The zero-order valence-corrected chi connectivity index (χ0v) is 8.71. The Kier molecular flexibility index (Phi) is 3.28. The molecule has 1 saturated carbocycles. The molecule has 0 amide bonds. The van der Waals surface area contributed by atoms with Crippen molar-refractivity contribution in [3.63, 3.8) is 0 Å². The zero-order valence-electron chi connectivity index (χ0n) is 7.90. The van der Waals surface area contributed by atoms with Gasteiger partial charge in [-0.05, 0) is 19.3 Å². The maximum absolute atomic E-state index is 11.3. The Morgan fingerprint density at radius 3 is 2.38 bits per heavy atom. The molecule has 0 aliphatic heterocycles. The van der Waals surface area contributed by atoms with Crippen LogP contribution in [0.15, 0.2) is 0 Å². The number of nitrogens with one attached hydrogen (secondary N) is 1. The second-order valence-electron chi connectivity index (χ2n) is 3.57. The van der Waals surface area contributed by atoms with Crippen molar-refractivity contribution in [1.82, 2.24) is 9.03 Å². The summed E-state index contributed by atoms with van der Waals surface area (Å²) < 4.78 is 26.3. The Labute approximate surface area is 78.9 Å². The second-order valence-corrected chi connectivity index (χ2v) is 5.49. The summed E-state index contributed by atoms with van der Waals surface area (Å²) in [5.74, 6) is 0. The molecule has 0 saturated heterocycles. The molecule has 2 atom stereocenters. The van der Waals surface area contributed by atoms with E-state index in [4.69, 9.17) is 0 Å². The maximum atomic E-state index is 11.3. The summed E-state index contributed by atoms with van der Waals surface area (Å²) in [6.07, 6.45) is 1.57. The highest BCUT2D eigenvalue weighted by atomic mass is 32.2. The average molecular weight is 208 g/mol. The fourth-order valence-corrected chi connectivity index (χ4v) is 2.23. The number of hydrogen-bond donors (Lipinski definition) is 2. The van der Waals surface area contributed by atoms with E-state index in [1.807, 2.05) is 0 Å². The number of aliphatic hydroxyl groups excluding tert-OH is 1. The minimum atomic E-state index is -3.33. The SMILES string of the molecule is CN(C)S(=O)(=O)N[C@H]1CC[C@@H](O)C1. The van der Waals surface area contributed by atoms with Gasteiger partial charge in [-0.3, -0.25) is 0 Å².